The number of hydrogen-bond donors (Lipinski definition) is 1. The van der Waals surface area contributed by atoms with Crippen molar-refractivity contribution in [3.63, 3.8) is 0 Å². The van der Waals surface area contributed by atoms with E-state index in [2.05, 4.69) is 10.2 Å². The molecule has 1 aliphatic heterocycles. The van der Waals surface area contributed by atoms with E-state index in [0.717, 1.165) is 6.54 Å². The highest BCUT2D eigenvalue weighted by atomic mass is 16.5. The molecule has 1 spiro atoms. The summed E-state index contributed by atoms with van der Waals surface area (Å²) in [5.74, 6) is 0. The summed E-state index contributed by atoms with van der Waals surface area (Å²) < 4.78 is 10.8. The van der Waals surface area contributed by atoms with Crippen LogP contribution in [0, 0.1) is 0 Å². The highest BCUT2D eigenvalue weighted by Gasteiger charge is 2.35. The molecule has 1 N–H and O–H groups in total. The van der Waals surface area contributed by atoms with Crippen molar-refractivity contribution in [3.8, 4) is 0 Å². The van der Waals surface area contributed by atoms with E-state index in [1.54, 1.807) is 14.2 Å². The smallest absolute Gasteiger partial charge is 0.0931 e. The van der Waals surface area contributed by atoms with Gasteiger partial charge in [-0.1, -0.05) is 19.3 Å². The van der Waals surface area contributed by atoms with Crippen LogP contribution in [-0.4, -0.2) is 63.5 Å². The molecule has 2 aliphatic rings. The summed E-state index contributed by atoms with van der Waals surface area (Å²) in [6.45, 7) is 5.20. The van der Waals surface area contributed by atoms with Gasteiger partial charge in [-0.15, -0.1) is 0 Å². The van der Waals surface area contributed by atoms with Gasteiger partial charge in [0.2, 0.25) is 0 Å². The Hall–Kier alpha value is -0.160. The van der Waals surface area contributed by atoms with Gasteiger partial charge in [0.1, 0.15) is 0 Å². The van der Waals surface area contributed by atoms with Crippen molar-refractivity contribution < 1.29 is 9.47 Å². The monoisotopic (exact) mass is 270 g/mol. The molecule has 0 radical (unpaired) electrons. The van der Waals surface area contributed by atoms with Crippen LogP contribution in [0.25, 0.3) is 0 Å². The zero-order valence-corrected chi connectivity index (χ0v) is 12.6. The average Bonchev–Trinajstić information content (AvgIpc) is 2.62. The topological polar surface area (TPSA) is 33.7 Å². The third kappa shape index (κ3) is 4.42. The van der Waals surface area contributed by atoms with Crippen LogP contribution in [0.2, 0.25) is 0 Å². The highest BCUT2D eigenvalue weighted by molar-refractivity contribution is 4.95. The normalized spacial score (nSPS) is 26.2. The molecule has 19 heavy (non-hydrogen) atoms. The number of rotatable bonds is 5. The second-order valence-corrected chi connectivity index (χ2v) is 6.17. The molecule has 0 aromatic heterocycles. The fourth-order valence-electron chi connectivity index (χ4n) is 3.61. The summed E-state index contributed by atoms with van der Waals surface area (Å²) in [4.78, 5) is 2.58. The minimum absolute atomic E-state index is 0.198. The summed E-state index contributed by atoms with van der Waals surface area (Å²) in [5, 5.41) is 3.84. The van der Waals surface area contributed by atoms with E-state index in [1.165, 1.54) is 58.2 Å². The maximum atomic E-state index is 5.52. The number of nitrogens with zero attached hydrogens (tertiary/aromatic N) is 1. The standard InChI is InChI=1S/C15H30N2O2/c1-18-12-14(19-2)11-17-10-6-9-16-15(13-17)7-4-3-5-8-15/h14,16H,3-13H2,1-2H3. The molecule has 2 rings (SSSR count). The van der Waals surface area contributed by atoms with E-state index < -0.39 is 0 Å². The number of methoxy groups -OCH3 is 2. The first-order valence-electron chi connectivity index (χ1n) is 7.77. The lowest BCUT2D eigenvalue weighted by molar-refractivity contribution is 0.00158. The van der Waals surface area contributed by atoms with Crippen LogP contribution in [0.5, 0.6) is 0 Å². The molecule has 0 aromatic carbocycles. The predicted octanol–water partition coefficient (Wildman–Crippen LogP) is 1.65. The molecule has 4 nitrogen and oxygen atoms in total. The highest BCUT2D eigenvalue weighted by Crippen LogP contribution is 2.30. The molecule has 2 fully saturated rings. The SMILES string of the molecule is COCC(CN1CCCNC2(CCCCC2)C1)OC. The maximum absolute atomic E-state index is 5.52. The van der Waals surface area contributed by atoms with Crippen molar-refractivity contribution in [3.05, 3.63) is 0 Å². The van der Waals surface area contributed by atoms with Gasteiger partial charge in [0.05, 0.1) is 12.7 Å². The Kier molecular flexibility index (Phi) is 6.07. The zero-order chi connectivity index (χ0) is 13.6. The molecule has 0 amide bonds. The Bertz CT molecular complexity index is 255. The van der Waals surface area contributed by atoms with Crippen LogP contribution in [-0.2, 0) is 9.47 Å². The van der Waals surface area contributed by atoms with Gasteiger partial charge >= 0.3 is 0 Å². The van der Waals surface area contributed by atoms with Gasteiger partial charge in [-0.3, -0.25) is 4.90 Å². The Labute approximate surface area is 117 Å². The third-order valence-corrected chi connectivity index (χ3v) is 4.64. The number of hydrogen-bond acceptors (Lipinski definition) is 4. The van der Waals surface area contributed by atoms with Crippen molar-refractivity contribution in [2.75, 3.05) is 47.0 Å². The summed E-state index contributed by atoms with van der Waals surface area (Å²) in [7, 11) is 3.54. The molecule has 1 atom stereocenters. The predicted molar refractivity (Wildman–Crippen MR) is 77.5 cm³/mol. The first kappa shape index (κ1) is 15.2. The largest absolute Gasteiger partial charge is 0.382 e. The van der Waals surface area contributed by atoms with Crippen molar-refractivity contribution in [1.29, 1.82) is 0 Å². The van der Waals surface area contributed by atoms with Gasteiger partial charge < -0.3 is 14.8 Å². The molecule has 1 saturated heterocycles. The quantitative estimate of drug-likeness (QED) is 0.823. The van der Waals surface area contributed by atoms with E-state index in [4.69, 9.17) is 9.47 Å². The average molecular weight is 270 g/mol. The van der Waals surface area contributed by atoms with Gasteiger partial charge in [0.25, 0.3) is 0 Å². The van der Waals surface area contributed by atoms with Crippen LogP contribution in [0.15, 0.2) is 0 Å². The summed E-state index contributed by atoms with van der Waals surface area (Å²) in [6.07, 6.45) is 8.29. The first-order chi connectivity index (χ1) is 9.28. The van der Waals surface area contributed by atoms with Gasteiger partial charge in [-0.2, -0.15) is 0 Å². The molecular formula is C15H30N2O2. The molecule has 4 heteroatoms. The molecule has 0 bridgehead atoms. The number of nitrogens with one attached hydrogen (secondary N) is 1. The van der Waals surface area contributed by atoms with Crippen LogP contribution in [0.3, 0.4) is 0 Å². The van der Waals surface area contributed by atoms with Crippen LogP contribution >= 0.6 is 0 Å². The number of ether oxygens (including phenoxy) is 2. The molecule has 0 aromatic rings. The van der Waals surface area contributed by atoms with Crippen molar-refractivity contribution >= 4 is 0 Å². The Morgan fingerprint density at radius 1 is 1.16 bits per heavy atom. The summed E-state index contributed by atoms with van der Waals surface area (Å²) in [5.41, 5.74) is 0.375. The van der Waals surface area contributed by atoms with Gasteiger partial charge in [-0.05, 0) is 32.4 Å². The minimum atomic E-state index is 0.198. The molecule has 1 unspecified atom stereocenters. The molecule has 112 valence electrons. The molecule has 1 saturated carbocycles. The maximum Gasteiger partial charge on any atom is 0.0931 e. The van der Waals surface area contributed by atoms with E-state index in [-0.39, 0.29) is 6.10 Å². The van der Waals surface area contributed by atoms with E-state index in [9.17, 15) is 0 Å². The molecular weight excluding hydrogens is 240 g/mol. The van der Waals surface area contributed by atoms with E-state index >= 15 is 0 Å². The first-order valence-corrected chi connectivity index (χ1v) is 7.77. The Morgan fingerprint density at radius 3 is 2.63 bits per heavy atom. The van der Waals surface area contributed by atoms with E-state index in [0.29, 0.717) is 12.1 Å². The lowest BCUT2D eigenvalue weighted by atomic mass is 9.81. The van der Waals surface area contributed by atoms with Crippen LogP contribution < -0.4 is 5.32 Å². The van der Waals surface area contributed by atoms with Crippen molar-refractivity contribution in [1.82, 2.24) is 10.2 Å². The second-order valence-electron chi connectivity index (χ2n) is 6.17. The van der Waals surface area contributed by atoms with Crippen LogP contribution in [0.1, 0.15) is 38.5 Å². The third-order valence-electron chi connectivity index (χ3n) is 4.64. The molecule has 1 heterocycles. The second kappa shape index (κ2) is 7.58. The fraction of sp³-hybridized carbons (Fsp3) is 1.00. The Balaban J connectivity index is 1.91. The van der Waals surface area contributed by atoms with Gasteiger partial charge in [0.15, 0.2) is 0 Å². The summed E-state index contributed by atoms with van der Waals surface area (Å²) >= 11 is 0. The lowest BCUT2D eigenvalue weighted by Crippen LogP contribution is -2.53. The fourth-order valence-corrected chi connectivity index (χ4v) is 3.61. The lowest BCUT2D eigenvalue weighted by Gasteiger charge is -2.40. The molecule has 1 aliphatic carbocycles. The summed E-state index contributed by atoms with van der Waals surface area (Å²) in [6, 6.07) is 0. The van der Waals surface area contributed by atoms with Crippen molar-refractivity contribution in [2.45, 2.75) is 50.2 Å². The van der Waals surface area contributed by atoms with Gasteiger partial charge in [0, 0.05) is 32.8 Å². The minimum Gasteiger partial charge on any atom is -0.382 e. The van der Waals surface area contributed by atoms with E-state index in [1.807, 2.05) is 0 Å². The zero-order valence-electron chi connectivity index (χ0n) is 12.6. The van der Waals surface area contributed by atoms with Gasteiger partial charge in [-0.25, -0.2) is 0 Å². The van der Waals surface area contributed by atoms with Crippen LogP contribution in [0.4, 0.5) is 0 Å². The Morgan fingerprint density at radius 2 is 1.95 bits per heavy atom. The van der Waals surface area contributed by atoms with Crippen molar-refractivity contribution in [2.24, 2.45) is 0 Å².